The number of carbonyl (C=O) groups is 1. The maximum absolute atomic E-state index is 11.9. The van der Waals surface area contributed by atoms with Crippen molar-refractivity contribution in [1.82, 2.24) is 5.32 Å². The van der Waals surface area contributed by atoms with Crippen molar-refractivity contribution in [3.63, 3.8) is 0 Å². The molecular weight excluding hydrogens is 280 g/mol. The minimum atomic E-state index is -0.156. The average molecular weight is 298 g/mol. The van der Waals surface area contributed by atoms with Crippen LogP contribution in [0.25, 0.3) is 0 Å². The van der Waals surface area contributed by atoms with Crippen LogP contribution in [0.5, 0.6) is 0 Å². The number of nitrogens with one attached hydrogen (secondary N) is 1. The number of nitrogens with zero attached hydrogens (tertiary/aromatic N) is 1. The summed E-state index contributed by atoms with van der Waals surface area (Å²) in [5.74, 6) is 0.502. The van der Waals surface area contributed by atoms with Crippen molar-refractivity contribution in [3.05, 3.63) is 58.1 Å². The molecule has 0 spiro atoms. The third-order valence-corrected chi connectivity index (χ3v) is 4.55. The van der Waals surface area contributed by atoms with Crippen molar-refractivity contribution in [2.75, 3.05) is 5.75 Å². The molecule has 1 amide bonds. The van der Waals surface area contributed by atoms with Crippen molar-refractivity contribution in [2.45, 2.75) is 26.2 Å². The number of hydrogen-bond donors (Lipinski definition) is 1. The van der Waals surface area contributed by atoms with Crippen LogP contribution in [0.3, 0.4) is 0 Å². The van der Waals surface area contributed by atoms with Gasteiger partial charge in [-0.15, -0.1) is 11.8 Å². The van der Waals surface area contributed by atoms with E-state index in [4.69, 9.17) is 0 Å². The average Bonchev–Trinajstić information content (AvgIpc) is 2.45. The van der Waals surface area contributed by atoms with Gasteiger partial charge in [0, 0.05) is 18.1 Å². The lowest BCUT2D eigenvalue weighted by Gasteiger charge is -2.25. The predicted octanol–water partition coefficient (Wildman–Crippen LogP) is 3.64. The summed E-state index contributed by atoms with van der Waals surface area (Å²) >= 11 is 1.47. The highest BCUT2D eigenvalue weighted by atomic mass is 32.2. The number of amides is 1. The zero-order valence-electron chi connectivity index (χ0n) is 12.3. The van der Waals surface area contributed by atoms with Crippen LogP contribution in [-0.4, -0.2) is 11.7 Å². The molecule has 108 valence electrons. The Bertz CT molecular complexity index is 638. The minimum absolute atomic E-state index is 0.0382. The highest BCUT2D eigenvalue weighted by molar-refractivity contribution is 8.03. The molecule has 1 heterocycles. The monoisotopic (exact) mass is 298 g/mol. The number of benzene rings is 1. The molecular formula is C17H18N2OS. The Balaban J connectivity index is 2.36. The fourth-order valence-corrected chi connectivity index (χ4v) is 3.13. The molecule has 0 bridgehead atoms. The number of allylic oxidation sites excluding steroid dienone is 1. The van der Waals surface area contributed by atoms with E-state index in [1.165, 1.54) is 17.3 Å². The standard InChI is InChI=1S/C17H18N2OS/c1-11(2)10-21-17-15(9-18)14(8-16(20)19-17)13-6-4-12(3)5-7-13/h4-7,14H,1,8,10H2,2-3H3,(H,19,20). The van der Waals surface area contributed by atoms with E-state index in [0.717, 1.165) is 11.1 Å². The number of hydrogen-bond acceptors (Lipinski definition) is 3. The predicted molar refractivity (Wildman–Crippen MR) is 86.6 cm³/mol. The van der Waals surface area contributed by atoms with E-state index in [1.807, 2.05) is 38.1 Å². The number of carbonyl (C=O) groups excluding carboxylic acids is 1. The van der Waals surface area contributed by atoms with Crippen LogP contribution in [0.4, 0.5) is 0 Å². The number of aryl methyl sites for hydroxylation is 1. The largest absolute Gasteiger partial charge is 0.320 e. The van der Waals surface area contributed by atoms with Crippen molar-refractivity contribution in [1.29, 1.82) is 5.26 Å². The minimum Gasteiger partial charge on any atom is -0.320 e. The van der Waals surface area contributed by atoms with Gasteiger partial charge in [0.25, 0.3) is 0 Å². The molecule has 21 heavy (non-hydrogen) atoms. The summed E-state index contributed by atoms with van der Waals surface area (Å²) in [4.78, 5) is 11.9. The maximum Gasteiger partial charge on any atom is 0.225 e. The molecule has 0 saturated heterocycles. The van der Waals surface area contributed by atoms with E-state index in [-0.39, 0.29) is 11.8 Å². The number of rotatable bonds is 4. The van der Waals surface area contributed by atoms with E-state index >= 15 is 0 Å². The van der Waals surface area contributed by atoms with Crippen LogP contribution < -0.4 is 5.32 Å². The van der Waals surface area contributed by atoms with Gasteiger partial charge in [0.1, 0.15) is 0 Å². The van der Waals surface area contributed by atoms with Gasteiger partial charge in [-0.25, -0.2) is 0 Å². The first-order valence-corrected chi connectivity index (χ1v) is 7.77. The van der Waals surface area contributed by atoms with E-state index < -0.39 is 0 Å². The maximum atomic E-state index is 11.9. The lowest BCUT2D eigenvalue weighted by atomic mass is 9.87. The van der Waals surface area contributed by atoms with E-state index in [9.17, 15) is 10.1 Å². The molecule has 1 aliphatic heterocycles. The normalized spacial score (nSPS) is 18.1. The summed E-state index contributed by atoms with van der Waals surface area (Å²) < 4.78 is 0. The van der Waals surface area contributed by atoms with Gasteiger partial charge < -0.3 is 5.32 Å². The van der Waals surface area contributed by atoms with Crippen molar-refractivity contribution in [3.8, 4) is 6.07 Å². The van der Waals surface area contributed by atoms with E-state index in [0.29, 0.717) is 22.8 Å². The Morgan fingerprint density at radius 2 is 2.14 bits per heavy atom. The van der Waals surface area contributed by atoms with E-state index in [2.05, 4.69) is 18.0 Å². The second kappa shape index (κ2) is 6.64. The Kier molecular flexibility index (Phi) is 4.87. The molecule has 1 atom stereocenters. The van der Waals surface area contributed by atoms with E-state index in [1.54, 1.807) is 0 Å². The van der Waals surface area contributed by atoms with Gasteiger partial charge in [-0.2, -0.15) is 5.26 Å². The number of thioether (sulfide) groups is 1. The van der Waals surface area contributed by atoms with Gasteiger partial charge in [-0.1, -0.05) is 42.0 Å². The summed E-state index contributed by atoms with van der Waals surface area (Å²) in [7, 11) is 0. The molecule has 2 rings (SSSR count). The van der Waals surface area contributed by atoms with Crippen molar-refractivity contribution >= 4 is 17.7 Å². The van der Waals surface area contributed by atoms with Crippen LogP contribution in [0.15, 0.2) is 47.0 Å². The molecule has 0 radical (unpaired) electrons. The molecule has 4 heteroatoms. The quantitative estimate of drug-likeness (QED) is 0.863. The Hall–Kier alpha value is -1.99. The Morgan fingerprint density at radius 1 is 1.48 bits per heavy atom. The lowest BCUT2D eigenvalue weighted by Crippen LogP contribution is -2.31. The summed E-state index contributed by atoms with van der Waals surface area (Å²) in [5.41, 5.74) is 3.83. The molecule has 1 unspecified atom stereocenters. The fourth-order valence-electron chi connectivity index (χ4n) is 2.21. The first-order valence-electron chi connectivity index (χ1n) is 6.79. The molecule has 1 aromatic carbocycles. The van der Waals surface area contributed by atoms with Crippen LogP contribution in [0.1, 0.15) is 30.4 Å². The molecule has 0 fully saturated rings. The molecule has 0 aromatic heterocycles. The van der Waals surface area contributed by atoms with Gasteiger partial charge in [-0.3, -0.25) is 4.79 Å². The molecule has 0 aliphatic carbocycles. The zero-order valence-corrected chi connectivity index (χ0v) is 13.1. The first-order chi connectivity index (χ1) is 10.0. The third-order valence-electron chi connectivity index (χ3n) is 3.30. The van der Waals surface area contributed by atoms with Gasteiger partial charge in [0.15, 0.2) is 0 Å². The van der Waals surface area contributed by atoms with Crippen LogP contribution in [0.2, 0.25) is 0 Å². The van der Waals surface area contributed by atoms with Gasteiger partial charge in [0.2, 0.25) is 5.91 Å². The molecule has 1 N–H and O–H groups in total. The summed E-state index contributed by atoms with van der Waals surface area (Å²) in [5, 5.41) is 13.0. The van der Waals surface area contributed by atoms with Crippen LogP contribution in [0, 0.1) is 18.3 Å². The summed E-state index contributed by atoms with van der Waals surface area (Å²) in [6.07, 6.45) is 0.323. The summed E-state index contributed by atoms with van der Waals surface area (Å²) in [6, 6.07) is 10.3. The van der Waals surface area contributed by atoms with Crippen LogP contribution >= 0.6 is 11.8 Å². The summed E-state index contributed by atoms with van der Waals surface area (Å²) in [6.45, 7) is 7.81. The molecule has 0 saturated carbocycles. The Morgan fingerprint density at radius 3 is 2.71 bits per heavy atom. The van der Waals surface area contributed by atoms with Crippen molar-refractivity contribution in [2.24, 2.45) is 0 Å². The zero-order chi connectivity index (χ0) is 15.4. The second-order valence-corrected chi connectivity index (χ2v) is 6.30. The SMILES string of the molecule is C=C(C)CSC1=C(C#N)C(c2ccc(C)cc2)CC(=O)N1. The van der Waals surface area contributed by atoms with Gasteiger partial charge in [0.05, 0.1) is 16.7 Å². The molecule has 1 aliphatic rings. The fraction of sp³-hybridized carbons (Fsp3) is 0.294. The van der Waals surface area contributed by atoms with Gasteiger partial charge >= 0.3 is 0 Å². The number of nitriles is 1. The first kappa shape index (κ1) is 15.4. The van der Waals surface area contributed by atoms with Gasteiger partial charge in [-0.05, 0) is 19.4 Å². The topological polar surface area (TPSA) is 52.9 Å². The van der Waals surface area contributed by atoms with Crippen LogP contribution in [-0.2, 0) is 4.79 Å². The smallest absolute Gasteiger partial charge is 0.225 e. The molecule has 1 aromatic rings. The highest BCUT2D eigenvalue weighted by Gasteiger charge is 2.29. The van der Waals surface area contributed by atoms with Crippen molar-refractivity contribution < 1.29 is 4.79 Å². The third kappa shape index (κ3) is 3.77. The Labute approximate surface area is 129 Å². The second-order valence-electron chi connectivity index (χ2n) is 5.32. The lowest BCUT2D eigenvalue weighted by molar-refractivity contribution is -0.120. The molecule has 3 nitrogen and oxygen atoms in total. The highest BCUT2D eigenvalue weighted by Crippen LogP contribution is 2.36.